The van der Waals surface area contributed by atoms with E-state index in [1.54, 1.807) is 0 Å². The van der Waals surface area contributed by atoms with Crippen LogP contribution in [-0.4, -0.2) is 48.6 Å². The number of primary amides is 1. The Balaban J connectivity index is 0.00000109. The Kier molecular flexibility index (Phi) is 30.9. The topological polar surface area (TPSA) is 111 Å². The van der Waals surface area contributed by atoms with E-state index in [0.29, 0.717) is 36.7 Å². The van der Waals surface area contributed by atoms with Crippen LogP contribution in [-0.2, 0) is 32.0 Å². The van der Waals surface area contributed by atoms with E-state index < -0.39 is 12.1 Å². The number of amides is 1. The van der Waals surface area contributed by atoms with Gasteiger partial charge in [-0.2, -0.15) is 0 Å². The number of nitrogens with two attached hydrogens (primary N) is 1. The summed E-state index contributed by atoms with van der Waals surface area (Å²) in [5.41, 5.74) is 11.1. The highest BCUT2D eigenvalue weighted by atomic mass is 16.5. The van der Waals surface area contributed by atoms with Gasteiger partial charge in [0.1, 0.15) is 11.8 Å². The third-order valence-corrected chi connectivity index (χ3v) is 12.1. The summed E-state index contributed by atoms with van der Waals surface area (Å²) in [5, 5.41) is 3.26. The number of rotatable bonds is 22. The Bertz CT molecular complexity index is 1750. The first-order valence-corrected chi connectivity index (χ1v) is 25.9. The van der Waals surface area contributed by atoms with E-state index in [1.165, 1.54) is 23.1 Å². The van der Waals surface area contributed by atoms with E-state index in [4.69, 9.17) is 10.5 Å². The van der Waals surface area contributed by atoms with Crippen molar-refractivity contribution in [2.24, 2.45) is 57.1 Å². The minimum atomic E-state index is -0.475. The van der Waals surface area contributed by atoms with E-state index in [0.717, 1.165) is 43.6 Å². The van der Waals surface area contributed by atoms with Crippen LogP contribution in [0.25, 0.3) is 0 Å². The van der Waals surface area contributed by atoms with Crippen LogP contribution >= 0.6 is 0 Å². The summed E-state index contributed by atoms with van der Waals surface area (Å²) in [4.78, 5) is 42.0. The number of hydrogen-bond donors (Lipinski definition) is 2. The number of carbonyl (C=O) groups excluding carboxylic acids is 3. The molecule has 7 unspecified atom stereocenters. The quantitative estimate of drug-likeness (QED) is 0.0694. The first-order chi connectivity index (χ1) is 31.2. The second-order valence-electron chi connectivity index (χ2n) is 22.5. The lowest BCUT2D eigenvalue weighted by Gasteiger charge is -2.39. The van der Waals surface area contributed by atoms with Crippen LogP contribution in [0.3, 0.4) is 0 Å². The van der Waals surface area contributed by atoms with Crippen LogP contribution < -0.4 is 11.1 Å². The average molecular weight is 928 g/mol. The maximum absolute atomic E-state index is 13.0. The third kappa shape index (κ3) is 28.3. The zero-order valence-corrected chi connectivity index (χ0v) is 46.3. The molecule has 1 aliphatic carbocycles. The highest BCUT2D eigenvalue weighted by Crippen LogP contribution is 2.41. The Hall–Kier alpha value is -3.84. The molecule has 0 saturated carbocycles. The van der Waals surface area contributed by atoms with Crippen molar-refractivity contribution in [2.45, 2.75) is 207 Å². The number of Topliss-reactive ketones (excluding diaryl/α,β-unsaturated/α-hetero) is 1. The molecule has 0 radical (unpaired) electrons. The van der Waals surface area contributed by atoms with E-state index in [-0.39, 0.29) is 52.8 Å². The molecule has 2 aromatic rings. The Labute approximate surface area is 412 Å². The van der Waals surface area contributed by atoms with Gasteiger partial charge < -0.3 is 15.8 Å². The lowest BCUT2D eigenvalue weighted by Crippen LogP contribution is -2.48. The maximum Gasteiger partial charge on any atom is 0.331 e. The molecule has 1 amide bonds. The normalized spacial score (nSPS) is 17.7. The molecule has 7 atom stereocenters. The van der Waals surface area contributed by atoms with E-state index in [9.17, 15) is 14.4 Å². The number of hydrogen-bond acceptors (Lipinski definition) is 6. The molecular formula is C60H101N3O4. The lowest BCUT2D eigenvalue weighted by atomic mass is 9.64. The smallest absolute Gasteiger partial charge is 0.331 e. The number of carbonyl (C=O) groups is 3. The molecule has 3 N–H and O–H groups in total. The van der Waals surface area contributed by atoms with Gasteiger partial charge in [0.05, 0.1) is 12.6 Å². The maximum atomic E-state index is 13.0. The second-order valence-corrected chi connectivity index (χ2v) is 22.5. The summed E-state index contributed by atoms with van der Waals surface area (Å²) >= 11 is 0. The van der Waals surface area contributed by atoms with Crippen molar-refractivity contribution < 1.29 is 19.1 Å². The van der Waals surface area contributed by atoms with Crippen LogP contribution in [0.4, 0.5) is 0 Å². The predicted molar refractivity (Wildman–Crippen MR) is 290 cm³/mol. The average Bonchev–Trinajstić information content (AvgIpc) is 3.21. The molecule has 1 aliphatic rings. The van der Waals surface area contributed by atoms with Gasteiger partial charge >= 0.3 is 5.97 Å². The van der Waals surface area contributed by atoms with Crippen LogP contribution in [0.2, 0.25) is 0 Å². The molecule has 0 heterocycles. The van der Waals surface area contributed by atoms with Crippen molar-refractivity contribution in [1.29, 1.82) is 0 Å². The number of ether oxygens (including phenoxy) is 1. The third-order valence-electron chi connectivity index (χ3n) is 12.1. The molecule has 0 spiro atoms. The molecular weight excluding hydrogens is 827 g/mol. The number of aliphatic imine (C=N–C) groups is 1. The van der Waals surface area contributed by atoms with Crippen LogP contribution in [0, 0.1) is 46.3 Å². The number of nitrogens with one attached hydrogen (secondary N) is 1. The van der Waals surface area contributed by atoms with Crippen molar-refractivity contribution in [3.8, 4) is 0 Å². The van der Waals surface area contributed by atoms with Crippen molar-refractivity contribution in [3.63, 3.8) is 0 Å². The summed E-state index contributed by atoms with van der Waals surface area (Å²) in [7, 11) is 0. The van der Waals surface area contributed by atoms with Gasteiger partial charge in [-0.25, -0.2) is 4.79 Å². The summed E-state index contributed by atoms with van der Waals surface area (Å²) in [6.45, 7) is 41.4. The Morgan fingerprint density at radius 3 is 1.93 bits per heavy atom. The first kappa shape index (κ1) is 63.2. The molecule has 7 nitrogen and oxygen atoms in total. The van der Waals surface area contributed by atoms with Gasteiger partial charge in [-0.05, 0) is 129 Å². The van der Waals surface area contributed by atoms with Gasteiger partial charge in [0.25, 0.3) is 0 Å². The Morgan fingerprint density at radius 1 is 0.866 bits per heavy atom. The predicted octanol–water partition coefficient (Wildman–Crippen LogP) is 14.8. The largest absolute Gasteiger partial charge is 0.464 e. The molecule has 0 aliphatic heterocycles. The van der Waals surface area contributed by atoms with Gasteiger partial charge in [0.2, 0.25) is 5.91 Å². The summed E-state index contributed by atoms with van der Waals surface area (Å²) in [6.07, 6.45) is 15.8. The zero-order valence-electron chi connectivity index (χ0n) is 46.3. The van der Waals surface area contributed by atoms with Crippen molar-refractivity contribution in [2.75, 3.05) is 6.61 Å². The minimum absolute atomic E-state index is 0.0119. The molecule has 0 fully saturated rings. The zero-order chi connectivity index (χ0) is 51.5. The van der Waals surface area contributed by atoms with Gasteiger partial charge in [-0.1, -0.05) is 189 Å². The van der Waals surface area contributed by atoms with E-state index in [2.05, 4.69) is 150 Å². The summed E-state index contributed by atoms with van der Waals surface area (Å²) < 4.78 is 5.58. The first-order valence-electron chi connectivity index (χ1n) is 25.9. The van der Waals surface area contributed by atoms with Gasteiger partial charge in [0.15, 0.2) is 0 Å². The summed E-state index contributed by atoms with van der Waals surface area (Å²) in [5.74, 6) is 2.26. The fourth-order valence-electron chi connectivity index (χ4n) is 8.87. The molecule has 7 heteroatoms. The molecule has 0 bridgehead atoms. The number of ketones is 1. The molecule has 67 heavy (non-hydrogen) atoms. The van der Waals surface area contributed by atoms with Gasteiger partial charge in [-0.3, -0.25) is 14.6 Å². The highest BCUT2D eigenvalue weighted by molar-refractivity contribution is 5.84. The minimum Gasteiger partial charge on any atom is -0.464 e. The number of esters is 1. The van der Waals surface area contributed by atoms with Crippen LogP contribution in [0.5, 0.6) is 0 Å². The number of benzene rings is 2. The van der Waals surface area contributed by atoms with Crippen molar-refractivity contribution >= 4 is 23.9 Å². The fourth-order valence-corrected chi connectivity index (χ4v) is 8.87. The van der Waals surface area contributed by atoms with Gasteiger partial charge in [0, 0.05) is 24.6 Å². The number of allylic oxidation sites excluding steroid dienone is 4. The fraction of sp³-hybridized carbons (Fsp3) is 0.667. The van der Waals surface area contributed by atoms with Crippen LogP contribution in [0.15, 0.2) is 83.4 Å². The Morgan fingerprint density at radius 2 is 1.45 bits per heavy atom. The molecule has 3 rings (SSSR count). The standard InChI is InChI=1S/C28H45NO2.C22H32N2O2.C8H18.C2H6/c1-20(2)10-9-11-23(7)16-17-31-28(30)27(22(5)6)29-19-24(8)18-25-12-14-26(15-13-25)21(3)4;1-15-9-8-12-22(3,4)20(15)19(25)13-16(2)24-18(21(23)26)14-17-10-6-5-7-11-17;1-7(2)6-8(3,4)5;1-2/h10,12-15,19,21-24,27H,9,11,16-18H2,1-8H3;5-11,15-16,18,20,24H,12-14H2,1-4H3,(H2,23,26);7H,6H2,1-5H3;1-2H3. The summed E-state index contributed by atoms with van der Waals surface area (Å²) in [6, 6.07) is 17.6. The van der Waals surface area contributed by atoms with Crippen molar-refractivity contribution in [3.05, 3.63) is 95.1 Å². The second kappa shape index (κ2) is 32.8. The molecule has 0 aromatic heterocycles. The molecule has 0 saturated heterocycles. The monoisotopic (exact) mass is 928 g/mol. The highest BCUT2D eigenvalue weighted by Gasteiger charge is 2.39. The lowest BCUT2D eigenvalue weighted by molar-refractivity contribution is -0.146. The molecule has 380 valence electrons. The van der Waals surface area contributed by atoms with E-state index >= 15 is 0 Å². The number of nitrogens with zero attached hydrogens (tertiary/aromatic N) is 1. The van der Waals surface area contributed by atoms with Crippen molar-refractivity contribution in [1.82, 2.24) is 5.32 Å². The van der Waals surface area contributed by atoms with Gasteiger partial charge in [-0.15, -0.1) is 0 Å². The van der Waals surface area contributed by atoms with Crippen LogP contribution in [0.1, 0.15) is 193 Å². The van der Waals surface area contributed by atoms with E-state index in [1.807, 2.05) is 71.2 Å². The molecule has 2 aromatic carbocycles. The SMILES string of the molecule is CC.CC(C)=CCCC(C)CCOC(=O)C(N=CC(C)Cc1ccc(C(C)C)cc1)C(C)C.CC(C)CC(C)(C)C.CC(CC(=O)C1C(C)C=CCC1(C)C)NC(Cc1ccccc1)C(N)=O.